The lowest BCUT2D eigenvalue weighted by molar-refractivity contribution is 0.0515. The maximum Gasteiger partial charge on any atom is 0.359 e. The lowest BCUT2D eigenvalue weighted by Gasteiger charge is -2.11. The van der Waals surface area contributed by atoms with Gasteiger partial charge in [0.05, 0.1) is 17.9 Å². The standard InChI is InChI=1S/C27H19Br3N2O4/c1-2-36-27(35)24-23(26(34)18-8-5-11-21(30)14-18)25(17-7-4-10-20(29)13-17)32(31-24)15-22(33)16-6-3-9-19(28)12-16/h3-14H,2,15H2,1H3. The van der Waals surface area contributed by atoms with E-state index in [1.54, 1.807) is 55.5 Å². The molecule has 4 rings (SSSR count). The van der Waals surface area contributed by atoms with Crippen molar-refractivity contribution < 1.29 is 19.1 Å². The molecule has 3 aromatic carbocycles. The number of rotatable bonds is 8. The molecule has 182 valence electrons. The summed E-state index contributed by atoms with van der Waals surface area (Å²) in [5.74, 6) is -1.37. The fourth-order valence-corrected chi connectivity index (χ4v) is 4.92. The highest BCUT2D eigenvalue weighted by molar-refractivity contribution is 9.11. The Balaban J connectivity index is 1.94. The summed E-state index contributed by atoms with van der Waals surface area (Å²) >= 11 is 10.3. The number of aromatic nitrogens is 2. The van der Waals surface area contributed by atoms with E-state index in [1.165, 1.54) is 4.68 Å². The van der Waals surface area contributed by atoms with Crippen LogP contribution in [0.25, 0.3) is 11.3 Å². The highest BCUT2D eigenvalue weighted by Gasteiger charge is 2.31. The van der Waals surface area contributed by atoms with E-state index >= 15 is 0 Å². The van der Waals surface area contributed by atoms with Crippen LogP contribution in [-0.4, -0.2) is 33.9 Å². The molecule has 0 spiro atoms. The van der Waals surface area contributed by atoms with E-state index in [0.717, 1.165) is 8.95 Å². The van der Waals surface area contributed by atoms with E-state index in [9.17, 15) is 14.4 Å². The topological polar surface area (TPSA) is 78.3 Å². The summed E-state index contributed by atoms with van der Waals surface area (Å²) in [5.41, 5.74) is 1.74. The summed E-state index contributed by atoms with van der Waals surface area (Å²) in [6.07, 6.45) is 0. The Morgan fingerprint density at radius 2 is 1.42 bits per heavy atom. The number of ether oxygens (including phenoxy) is 1. The number of halogens is 3. The van der Waals surface area contributed by atoms with E-state index in [1.807, 2.05) is 24.3 Å². The SMILES string of the molecule is CCOC(=O)c1nn(CC(=O)c2cccc(Br)c2)c(-c2cccc(Br)c2)c1C(=O)c1cccc(Br)c1. The van der Waals surface area contributed by atoms with E-state index in [4.69, 9.17) is 4.74 Å². The Labute approximate surface area is 233 Å². The Hall–Kier alpha value is -2.88. The zero-order valence-corrected chi connectivity index (χ0v) is 23.8. The van der Waals surface area contributed by atoms with Crippen molar-refractivity contribution in [3.63, 3.8) is 0 Å². The van der Waals surface area contributed by atoms with Crippen LogP contribution in [0.2, 0.25) is 0 Å². The predicted octanol–water partition coefficient (Wildman–Crippen LogP) is 7.13. The minimum absolute atomic E-state index is 0.0756. The van der Waals surface area contributed by atoms with Gasteiger partial charge in [-0.25, -0.2) is 4.79 Å². The van der Waals surface area contributed by atoms with Crippen LogP contribution in [0, 0.1) is 0 Å². The summed E-state index contributed by atoms with van der Waals surface area (Å²) < 4.78 is 8.89. The van der Waals surface area contributed by atoms with Crippen molar-refractivity contribution in [1.82, 2.24) is 9.78 Å². The molecule has 4 aromatic rings. The number of benzene rings is 3. The van der Waals surface area contributed by atoms with E-state index in [-0.39, 0.29) is 30.2 Å². The lowest BCUT2D eigenvalue weighted by Crippen LogP contribution is -2.14. The molecule has 0 unspecified atom stereocenters. The van der Waals surface area contributed by atoms with Crippen LogP contribution in [-0.2, 0) is 11.3 Å². The first-order chi connectivity index (χ1) is 17.3. The summed E-state index contributed by atoms with van der Waals surface area (Å²) in [7, 11) is 0. The minimum atomic E-state index is -0.735. The molecule has 0 fully saturated rings. The zero-order valence-electron chi connectivity index (χ0n) is 19.0. The predicted molar refractivity (Wildman–Crippen MR) is 147 cm³/mol. The number of nitrogens with zero attached hydrogens (tertiary/aromatic N) is 2. The van der Waals surface area contributed by atoms with Gasteiger partial charge in [0.15, 0.2) is 17.3 Å². The maximum atomic E-state index is 13.8. The molecule has 0 saturated heterocycles. The van der Waals surface area contributed by atoms with Gasteiger partial charge in [-0.1, -0.05) is 84.2 Å². The first-order valence-electron chi connectivity index (χ1n) is 10.9. The quantitative estimate of drug-likeness (QED) is 0.147. The first kappa shape index (κ1) is 26.2. The average Bonchev–Trinajstić information content (AvgIpc) is 3.23. The van der Waals surface area contributed by atoms with Crippen molar-refractivity contribution in [3.05, 3.63) is 109 Å². The number of carbonyl (C=O) groups is 3. The van der Waals surface area contributed by atoms with Crippen LogP contribution in [0.4, 0.5) is 0 Å². The third-order valence-electron chi connectivity index (χ3n) is 5.27. The molecule has 0 aliphatic carbocycles. The number of esters is 1. The summed E-state index contributed by atoms with van der Waals surface area (Å²) in [5, 5.41) is 4.45. The number of ketones is 2. The third kappa shape index (κ3) is 5.74. The molecule has 0 aliphatic rings. The fraction of sp³-hybridized carbons (Fsp3) is 0.111. The molecule has 1 aromatic heterocycles. The molecular weight excluding hydrogens is 656 g/mol. The van der Waals surface area contributed by atoms with Crippen molar-refractivity contribution in [2.24, 2.45) is 0 Å². The lowest BCUT2D eigenvalue weighted by atomic mass is 9.97. The highest BCUT2D eigenvalue weighted by Crippen LogP contribution is 2.32. The molecule has 1 heterocycles. The van der Waals surface area contributed by atoms with Gasteiger partial charge in [-0.2, -0.15) is 5.10 Å². The van der Waals surface area contributed by atoms with Crippen LogP contribution < -0.4 is 0 Å². The Bertz CT molecular complexity index is 1480. The molecule has 0 atom stereocenters. The Morgan fingerprint density at radius 1 is 0.833 bits per heavy atom. The van der Waals surface area contributed by atoms with Crippen LogP contribution in [0.1, 0.15) is 43.7 Å². The number of hydrogen-bond acceptors (Lipinski definition) is 5. The molecule has 0 bridgehead atoms. The Morgan fingerprint density at radius 3 is 2.03 bits per heavy atom. The molecule has 0 amide bonds. The van der Waals surface area contributed by atoms with Crippen molar-refractivity contribution in [3.8, 4) is 11.3 Å². The third-order valence-corrected chi connectivity index (χ3v) is 6.75. The number of carbonyl (C=O) groups excluding carboxylic acids is 3. The van der Waals surface area contributed by atoms with Gasteiger partial charge in [0.2, 0.25) is 0 Å². The van der Waals surface area contributed by atoms with E-state index < -0.39 is 11.8 Å². The molecule has 36 heavy (non-hydrogen) atoms. The first-order valence-corrected chi connectivity index (χ1v) is 13.3. The molecule has 0 aliphatic heterocycles. The smallest absolute Gasteiger partial charge is 0.359 e. The van der Waals surface area contributed by atoms with E-state index in [2.05, 4.69) is 52.9 Å². The van der Waals surface area contributed by atoms with Gasteiger partial charge < -0.3 is 4.74 Å². The van der Waals surface area contributed by atoms with Crippen molar-refractivity contribution in [2.75, 3.05) is 6.61 Å². The van der Waals surface area contributed by atoms with Crippen LogP contribution in [0.15, 0.2) is 86.2 Å². The van der Waals surface area contributed by atoms with Gasteiger partial charge in [0.25, 0.3) is 0 Å². The molecule has 9 heteroatoms. The van der Waals surface area contributed by atoms with Crippen molar-refractivity contribution in [2.45, 2.75) is 13.5 Å². The number of Topliss-reactive ketones (excluding diaryl/α,β-unsaturated/α-hetero) is 1. The van der Waals surface area contributed by atoms with Gasteiger partial charge in [-0.15, -0.1) is 0 Å². The molecule has 0 saturated carbocycles. The highest BCUT2D eigenvalue weighted by atomic mass is 79.9. The minimum Gasteiger partial charge on any atom is -0.461 e. The second-order valence-corrected chi connectivity index (χ2v) is 10.5. The number of hydrogen-bond donors (Lipinski definition) is 0. The maximum absolute atomic E-state index is 13.8. The van der Waals surface area contributed by atoms with E-state index in [0.29, 0.717) is 26.9 Å². The summed E-state index contributed by atoms with van der Waals surface area (Å²) in [6, 6.07) is 21.1. The normalized spacial score (nSPS) is 10.8. The monoisotopic (exact) mass is 672 g/mol. The van der Waals surface area contributed by atoms with Crippen LogP contribution in [0.5, 0.6) is 0 Å². The molecule has 6 nitrogen and oxygen atoms in total. The summed E-state index contributed by atoms with van der Waals surface area (Å²) in [4.78, 5) is 40.0. The zero-order chi connectivity index (χ0) is 25.8. The van der Waals surface area contributed by atoms with Crippen LogP contribution in [0.3, 0.4) is 0 Å². The second-order valence-electron chi connectivity index (χ2n) is 7.73. The fourth-order valence-electron chi connectivity index (χ4n) is 3.73. The second kappa shape index (κ2) is 11.5. The van der Waals surface area contributed by atoms with Gasteiger partial charge in [-0.05, 0) is 43.3 Å². The molecule has 0 radical (unpaired) electrons. The largest absolute Gasteiger partial charge is 0.461 e. The summed E-state index contributed by atoms with van der Waals surface area (Å²) in [6.45, 7) is 1.60. The Kier molecular flexibility index (Phi) is 8.33. The molecule has 0 N–H and O–H groups in total. The van der Waals surface area contributed by atoms with Gasteiger partial charge in [0.1, 0.15) is 6.54 Å². The average molecular weight is 675 g/mol. The van der Waals surface area contributed by atoms with Crippen molar-refractivity contribution >= 4 is 65.3 Å². The van der Waals surface area contributed by atoms with Gasteiger partial charge in [-0.3, -0.25) is 14.3 Å². The van der Waals surface area contributed by atoms with Crippen molar-refractivity contribution in [1.29, 1.82) is 0 Å². The van der Waals surface area contributed by atoms with Gasteiger partial charge in [0, 0.05) is 30.1 Å². The van der Waals surface area contributed by atoms with Crippen LogP contribution >= 0.6 is 47.8 Å². The van der Waals surface area contributed by atoms with Gasteiger partial charge >= 0.3 is 5.97 Å². The molecular formula is C27H19Br3N2O4.